The van der Waals surface area contributed by atoms with Gasteiger partial charge in [-0.2, -0.15) is 0 Å². The molecular formula is C25H25F2NO2S. The molecule has 0 N–H and O–H groups in total. The highest BCUT2D eigenvalue weighted by Gasteiger charge is 2.38. The Labute approximate surface area is 185 Å². The van der Waals surface area contributed by atoms with Gasteiger partial charge in [0.15, 0.2) is 0 Å². The van der Waals surface area contributed by atoms with Gasteiger partial charge in [-0.05, 0) is 60.6 Å². The summed E-state index contributed by atoms with van der Waals surface area (Å²) in [6, 6.07) is 12.0. The fraction of sp³-hybridized carbons (Fsp3) is 0.360. The third kappa shape index (κ3) is 4.59. The minimum Gasteiger partial charge on any atom is -0.497 e. The largest absolute Gasteiger partial charge is 0.497 e. The number of aliphatic imine (C=N–C) groups is 1. The third-order valence-corrected chi connectivity index (χ3v) is 7.42. The van der Waals surface area contributed by atoms with Crippen molar-refractivity contribution in [3.8, 4) is 5.75 Å². The number of carbonyl (C=O) groups excluding carboxylic acids is 1. The first-order valence-corrected chi connectivity index (χ1v) is 11.4. The fourth-order valence-corrected chi connectivity index (χ4v) is 5.40. The third-order valence-electron chi connectivity index (χ3n) is 6.26. The van der Waals surface area contributed by atoms with Crippen LogP contribution in [0.25, 0.3) is 0 Å². The van der Waals surface area contributed by atoms with E-state index in [4.69, 9.17) is 4.74 Å². The van der Waals surface area contributed by atoms with Crippen molar-refractivity contribution in [1.82, 2.24) is 0 Å². The maximum absolute atomic E-state index is 14.3. The Bertz CT molecular complexity index is 1040. The molecule has 1 heterocycles. The normalized spacial score (nSPS) is 21.7. The minimum absolute atomic E-state index is 0.0117. The molecule has 1 saturated carbocycles. The summed E-state index contributed by atoms with van der Waals surface area (Å²) >= 11 is 1.59. The Morgan fingerprint density at radius 1 is 1.16 bits per heavy atom. The molecule has 2 aromatic rings. The first kappa shape index (κ1) is 21.8. The van der Waals surface area contributed by atoms with Gasteiger partial charge in [0.1, 0.15) is 17.4 Å². The smallest absolute Gasteiger partial charge is 0.273 e. The highest BCUT2D eigenvalue weighted by molar-refractivity contribution is 8.14. The second kappa shape index (κ2) is 8.95. The molecule has 1 fully saturated rings. The Morgan fingerprint density at radius 3 is 2.48 bits per heavy atom. The van der Waals surface area contributed by atoms with E-state index < -0.39 is 17.6 Å². The van der Waals surface area contributed by atoms with Crippen LogP contribution in [-0.2, 0) is 4.79 Å². The van der Waals surface area contributed by atoms with E-state index in [1.54, 1.807) is 32.7 Å². The molecule has 0 bridgehead atoms. The molecule has 3 atom stereocenters. The molecule has 0 saturated heterocycles. The van der Waals surface area contributed by atoms with Crippen molar-refractivity contribution in [2.75, 3.05) is 12.9 Å². The van der Waals surface area contributed by atoms with E-state index in [9.17, 15) is 13.6 Å². The molecule has 31 heavy (non-hydrogen) atoms. The number of ether oxygens (including phenoxy) is 1. The average Bonchev–Trinajstić information content (AvgIpc) is 3.54. The lowest BCUT2D eigenvalue weighted by Crippen LogP contribution is -2.17. The van der Waals surface area contributed by atoms with Crippen LogP contribution in [0.2, 0.25) is 0 Å². The van der Waals surface area contributed by atoms with Crippen molar-refractivity contribution < 1.29 is 18.3 Å². The molecule has 1 amide bonds. The highest BCUT2D eigenvalue weighted by atomic mass is 32.2. The molecule has 1 aliphatic carbocycles. The summed E-state index contributed by atoms with van der Waals surface area (Å²) in [5.41, 5.74) is 2.54. The summed E-state index contributed by atoms with van der Waals surface area (Å²) in [5, 5.41) is 0.731. The van der Waals surface area contributed by atoms with E-state index >= 15 is 0 Å². The van der Waals surface area contributed by atoms with E-state index in [1.165, 1.54) is 23.8 Å². The Morgan fingerprint density at radius 2 is 1.84 bits per heavy atom. The lowest BCUT2D eigenvalue weighted by Gasteiger charge is -2.23. The summed E-state index contributed by atoms with van der Waals surface area (Å²) in [6.07, 6.45) is 1.57. The summed E-state index contributed by atoms with van der Waals surface area (Å²) < 4.78 is 33.8. The van der Waals surface area contributed by atoms with Crippen LogP contribution >= 0.6 is 11.8 Å². The number of hydrogen-bond donors (Lipinski definition) is 0. The molecule has 0 radical (unpaired) electrons. The van der Waals surface area contributed by atoms with Crippen LogP contribution in [0.5, 0.6) is 5.75 Å². The number of nitrogens with zero attached hydrogens (tertiary/aromatic N) is 1. The highest BCUT2D eigenvalue weighted by Crippen LogP contribution is 2.50. The number of carbonyl (C=O) groups is 1. The minimum atomic E-state index is -0.586. The number of halogens is 2. The van der Waals surface area contributed by atoms with Crippen LogP contribution in [0.3, 0.4) is 0 Å². The first-order chi connectivity index (χ1) is 14.9. The maximum Gasteiger partial charge on any atom is 0.273 e. The Hall–Kier alpha value is -2.47. The van der Waals surface area contributed by atoms with Gasteiger partial charge in [-0.25, -0.2) is 13.8 Å². The first-order valence-electron chi connectivity index (χ1n) is 10.4. The zero-order chi connectivity index (χ0) is 22.1. The van der Waals surface area contributed by atoms with Gasteiger partial charge in [0, 0.05) is 29.2 Å². The Kier molecular flexibility index (Phi) is 6.28. The standard InChI is InChI=1S/C25H25F2NO2S/c1-14(24-21(26)5-4-6-22(24)27)19-12-23(28-25(29)15(19)2)31-13-17-11-20(17)16-7-9-18(30-3)10-8-16/h4-10,14,17,20H,11-13H2,1-3H3. The average molecular weight is 442 g/mol. The molecule has 2 aromatic carbocycles. The van der Waals surface area contributed by atoms with Crippen LogP contribution in [-0.4, -0.2) is 23.8 Å². The molecule has 0 spiro atoms. The van der Waals surface area contributed by atoms with Crippen molar-refractivity contribution in [2.24, 2.45) is 10.9 Å². The molecule has 162 valence electrons. The predicted molar refractivity (Wildman–Crippen MR) is 121 cm³/mol. The van der Waals surface area contributed by atoms with Crippen LogP contribution in [0.4, 0.5) is 8.78 Å². The van der Waals surface area contributed by atoms with E-state index in [1.807, 2.05) is 12.1 Å². The van der Waals surface area contributed by atoms with Gasteiger partial charge in [-0.15, -0.1) is 11.8 Å². The maximum atomic E-state index is 14.3. The monoisotopic (exact) mass is 441 g/mol. The molecular weight excluding hydrogens is 416 g/mol. The van der Waals surface area contributed by atoms with Gasteiger partial charge < -0.3 is 4.74 Å². The predicted octanol–water partition coefficient (Wildman–Crippen LogP) is 6.26. The van der Waals surface area contributed by atoms with Gasteiger partial charge in [-0.3, -0.25) is 4.79 Å². The van der Waals surface area contributed by atoms with Gasteiger partial charge in [0.25, 0.3) is 5.91 Å². The van der Waals surface area contributed by atoms with Gasteiger partial charge in [0.2, 0.25) is 0 Å². The number of hydrogen-bond acceptors (Lipinski definition) is 3. The van der Waals surface area contributed by atoms with Crippen molar-refractivity contribution in [1.29, 1.82) is 0 Å². The summed E-state index contributed by atoms with van der Waals surface area (Å²) in [6.45, 7) is 3.44. The van der Waals surface area contributed by atoms with Crippen molar-refractivity contribution in [2.45, 2.75) is 38.5 Å². The number of benzene rings is 2. The second-order valence-corrected chi connectivity index (χ2v) is 9.27. The van der Waals surface area contributed by atoms with Crippen molar-refractivity contribution in [3.05, 3.63) is 76.4 Å². The number of amides is 1. The van der Waals surface area contributed by atoms with E-state index in [2.05, 4.69) is 17.1 Å². The fourth-order valence-electron chi connectivity index (χ4n) is 4.22. The van der Waals surface area contributed by atoms with Gasteiger partial charge in [-0.1, -0.05) is 25.1 Å². The quantitative estimate of drug-likeness (QED) is 0.531. The number of allylic oxidation sites excluding steroid dienone is 1. The second-order valence-electron chi connectivity index (χ2n) is 8.18. The van der Waals surface area contributed by atoms with Crippen LogP contribution < -0.4 is 4.74 Å². The molecule has 1 aliphatic heterocycles. The van der Waals surface area contributed by atoms with E-state index in [0.29, 0.717) is 23.8 Å². The van der Waals surface area contributed by atoms with Gasteiger partial charge >= 0.3 is 0 Å². The summed E-state index contributed by atoms with van der Waals surface area (Å²) in [5.74, 6) is 0.765. The number of methoxy groups -OCH3 is 1. The molecule has 4 rings (SSSR count). The van der Waals surface area contributed by atoms with Gasteiger partial charge in [0.05, 0.1) is 12.2 Å². The molecule has 2 aliphatic rings. The van der Waals surface area contributed by atoms with Crippen LogP contribution in [0.1, 0.15) is 49.7 Å². The van der Waals surface area contributed by atoms with Crippen molar-refractivity contribution in [3.63, 3.8) is 0 Å². The molecule has 6 heteroatoms. The van der Waals surface area contributed by atoms with Crippen LogP contribution in [0.15, 0.2) is 58.6 Å². The Balaban J connectivity index is 1.41. The molecule has 0 aromatic heterocycles. The zero-order valence-electron chi connectivity index (χ0n) is 17.8. The lowest BCUT2D eigenvalue weighted by atomic mass is 9.86. The lowest BCUT2D eigenvalue weighted by molar-refractivity contribution is -0.114. The number of rotatable bonds is 6. The van der Waals surface area contributed by atoms with Crippen molar-refractivity contribution >= 4 is 22.7 Å². The molecule has 3 nitrogen and oxygen atoms in total. The van der Waals surface area contributed by atoms with E-state index in [-0.39, 0.29) is 11.5 Å². The zero-order valence-corrected chi connectivity index (χ0v) is 18.6. The van der Waals surface area contributed by atoms with Crippen LogP contribution in [0, 0.1) is 17.6 Å². The SMILES string of the molecule is COc1ccc(C2CC2CSC2=NC(=O)C(C)=C(C(C)c3c(F)cccc3F)C2)cc1. The molecule has 3 unspecified atom stereocenters. The van der Waals surface area contributed by atoms with E-state index in [0.717, 1.165) is 28.5 Å². The summed E-state index contributed by atoms with van der Waals surface area (Å²) in [7, 11) is 1.66. The number of thioether (sulfide) groups is 1. The summed E-state index contributed by atoms with van der Waals surface area (Å²) in [4.78, 5) is 16.7. The number of dihydropyridines is 1. The topological polar surface area (TPSA) is 38.7 Å².